The first-order chi connectivity index (χ1) is 9.45. The molecule has 0 saturated carbocycles. The Hall–Kier alpha value is -1.33. The van der Waals surface area contributed by atoms with Crippen molar-refractivity contribution < 1.29 is 13.2 Å². The fraction of sp³-hybridized carbons (Fsp3) is 0.467. The number of alkyl halides is 3. The van der Waals surface area contributed by atoms with Gasteiger partial charge in [-0.3, -0.25) is 4.90 Å². The molecule has 0 radical (unpaired) electrons. The summed E-state index contributed by atoms with van der Waals surface area (Å²) in [5.41, 5.74) is 1.30. The number of nitrogens with one attached hydrogen (secondary N) is 1. The molecule has 0 bridgehead atoms. The van der Waals surface area contributed by atoms with Gasteiger partial charge in [0.2, 0.25) is 0 Å². The molecule has 2 nitrogen and oxygen atoms in total. The molecule has 1 heterocycles. The Balaban J connectivity index is 1.87. The number of benzene rings is 1. The zero-order valence-electron chi connectivity index (χ0n) is 11.3. The topological polar surface area (TPSA) is 15.3 Å². The van der Waals surface area contributed by atoms with E-state index in [4.69, 9.17) is 0 Å². The first kappa shape index (κ1) is 15.1. The van der Waals surface area contributed by atoms with Gasteiger partial charge in [-0.15, -0.1) is 0 Å². The molecule has 1 N–H and O–H groups in total. The second kappa shape index (κ2) is 6.41. The Labute approximate surface area is 117 Å². The smallest absolute Gasteiger partial charge is 0.314 e. The number of rotatable bonds is 4. The molecule has 20 heavy (non-hydrogen) atoms. The molecule has 1 saturated heterocycles. The molecule has 0 aliphatic carbocycles. The van der Waals surface area contributed by atoms with Gasteiger partial charge in [-0.1, -0.05) is 24.3 Å². The molecule has 1 aliphatic heterocycles. The minimum absolute atomic E-state index is 0.603. The lowest BCUT2D eigenvalue weighted by Gasteiger charge is -2.27. The fourth-order valence-corrected chi connectivity index (χ4v) is 2.34. The molecule has 110 valence electrons. The van der Waals surface area contributed by atoms with E-state index in [-0.39, 0.29) is 0 Å². The molecule has 1 aliphatic rings. The minimum Gasteiger partial charge on any atom is -0.314 e. The van der Waals surface area contributed by atoms with E-state index >= 15 is 0 Å². The van der Waals surface area contributed by atoms with Crippen molar-refractivity contribution in [3.05, 3.63) is 47.5 Å². The molecule has 0 amide bonds. The van der Waals surface area contributed by atoms with Gasteiger partial charge < -0.3 is 5.32 Å². The first-order valence-electron chi connectivity index (χ1n) is 6.71. The van der Waals surface area contributed by atoms with E-state index in [0.29, 0.717) is 6.42 Å². The lowest BCUT2D eigenvalue weighted by atomic mass is 10.0. The van der Waals surface area contributed by atoms with Crippen LogP contribution in [0, 0.1) is 0 Å². The van der Waals surface area contributed by atoms with Crippen LogP contribution in [-0.4, -0.2) is 37.6 Å². The molecule has 1 aromatic carbocycles. The van der Waals surface area contributed by atoms with Crippen molar-refractivity contribution in [3.63, 3.8) is 0 Å². The van der Waals surface area contributed by atoms with Crippen LogP contribution in [0.15, 0.2) is 36.4 Å². The third-order valence-electron chi connectivity index (χ3n) is 3.39. The summed E-state index contributed by atoms with van der Waals surface area (Å²) < 4.78 is 37.4. The summed E-state index contributed by atoms with van der Waals surface area (Å²) in [6.07, 6.45) is -3.64. The van der Waals surface area contributed by atoms with E-state index < -0.39 is 11.7 Å². The Bertz CT molecular complexity index is 445. The van der Waals surface area contributed by atoms with Crippen molar-refractivity contribution >= 4 is 0 Å². The van der Waals surface area contributed by atoms with E-state index in [2.05, 4.69) is 16.8 Å². The minimum atomic E-state index is -4.27. The maximum atomic E-state index is 12.5. The monoisotopic (exact) mass is 284 g/mol. The van der Waals surface area contributed by atoms with Crippen LogP contribution < -0.4 is 5.32 Å². The summed E-state index contributed by atoms with van der Waals surface area (Å²) >= 11 is 0. The van der Waals surface area contributed by atoms with Crippen molar-refractivity contribution in [2.24, 2.45) is 0 Å². The second-order valence-corrected chi connectivity index (χ2v) is 5.15. The first-order valence-corrected chi connectivity index (χ1v) is 6.71. The van der Waals surface area contributed by atoms with Gasteiger partial charge in [0.15, 0.2) is 0 Å². The normalized spacial score (nSPS) is 17.1. The van der Waals surface area contributed by atoms with Crippen LogP contribution in [0.2, 0.25) is 0 Å². The van der Waals surface area contributed by atoms with Crippen LogP contribution in [0.5, 0.6) is 0 Å². The zero-order chi connectivity index (χ0) is 14.6. The summed E-state index contributed by atoms with van der Waals surface area (Å²) in [5, 5.41) is 3.28. The average molecular weight is 284 g/mol. The standard InChI is InChI=1S/C15H19F3N2/c1-12(11-20-8-6-19-7-9-20)10-13-2-4-14(5-3-13)15(16,17)18/h2-5,19H,1,6-11H2. The quantitative estimate of drug-likeness (QED) is 0.855. The van der Waals surface area contributed by atoms with Gasteiger partial charge in [0, 0.05) is 32.7 Å². The molecular formula is C15H19F3N2. The van der Waals surface area contributed by atoms with Crippen molar-refractivity contribution in [2.75, 3.05) is 32.7 Å². The van der Waals surface area contributed by atoms with Gasteiger partial charge in [-0.05, 0) is 24.1 Å². The maximum absolute atomic E-state index is 12.5. The number of hydrogen-bond acceptors (Lipinski definition) is 2. The number of halogens is 3. The number of piperazine rings is 1. The molecule has 0 aromatic heterocycles. The summed E-state index contributed by atoms with van der Waals surface area (Å²) in [6.45, 7) is 8.78. The van der Waals surface area contributed by atoms with Crippen LogP contribution in [0.3, 0.4) is 0 Å². The van der Waals surface area contributed by atoms with E-state index in [1.807, 2.05) is 0 Å². The van der Waals surface area contributed by atoms with Gasteiger partial charge >= 0.3 is 6.18 Å². The molecule has 2 rings (SSSR count). The van der Waals surface area contributed by atoms with Crippen molar-refractivity contribution in [2.45, 2.75) is 12.6 Å². The summed E-state index contributed by atoms with van der Waals surface area (Å²) in [6, 6.07) is 5.33. The van der Waals surface area contributed by atoms with Gasteiger partial charge in [-0.25, -0.2) is 0 Å². The van der Waals surface area contributed by atoms with Gasteiger partial charge in [0.25, 0.3) is 0 Å². The van der Waals surface area contributed by atoms with Crippen LogP contribution in [0.1, 0.15) is 11.1 Å². The molecule has 0 atom stereocenters. The lowest BCUT2D eigenvalue weighted by Crippen LogP contribution is -2.44. The largest absolute Gasteiger partial charge is 0.416 e. The molecule has 1 fully saturated rings. The Morgan fingerprint density at radius 3 is 2.30 bits per heavy atom. The highest BCUT2D eigenvalue weighted by Crippen LogP contribution is 2.29. The van der Waals surface area contributed by atoms with E-state index in [1.54, 1.807) is 0 Å². The van der Waals surface area contributed by atoms with E-state index in [0.717, 1.165) is 56.0 Å². The lowest BCUT2D eigenvalue weighted by molar-refractivity contribution is -0.137. The molecule has 1 aromatic rings. The predicted molar refractivity (Wildman–Crippen MR) is 73.6 cm³/mol. The van der Waals surface area contributed by atoms with Crippen molar-refractivity contribution in [1.29, 1.82) is 0 Å². The van der Waals surface area contributed by atoms with Gasteiger partial charge in [0.1, 0.15) is 0 Å². The predicted octanol–water partition coefficient (Wildman–Crippen LogP) is 2.71. The van der Waals surface area contributed by atoms with Crippen molar-refractivity contribution in [3.8, 4) is 0 Å². The second-order valence-electron chi connectivity index (χ2n) is 5.15. The van der Waals surface area contributed by atoms with E-state index in [1.165, 1.54) is 12.1 Å². The third kappa shape index (κ3) is 4.35. The molecular weight excluding hydrogens is 265 g/mol. The van der Waals surface area contributed by atoms with E-state index in [9.17, 15) is 13.2 Å². The highest BCUT2D eigenvalue weighted by atomic mass is 19.4. The maximum Gasteiger partial charge on any atom is 0.416 e. The molecule has 0 unspecified atom stereocenters. The highest BCUT2D eigenvalue weighted by molar-refractivity contribution is 5.27. The summed E-state index contributed by atoms with van der Waals surface area (Å²) in [4.78, 5) is 2.31. The molecule has 5 heteroatoms. The van der Waals surface area contributed by atoms with Crippen molar-refractivity contribution in [1.82, 2.24) is 10.2 Å². The number of nitrogens with zero attached hydrogens (tertiary/aromatic N) is 1. The third-order valence-corrected chi connectivity index (χ3v) is 3.39. The highest BCUT2D eigenvalue weighted by Gasteiger charge is 2.29. The average Bonchev–Trinajstić information content (AvgIpc) is 2.39. The SMILES string of the molecule is C=C(Cc1ccc(C(F)(F)F)cc1)CN1CCNCC1. The van der Waals surface area contributed by atoms with Gasteiger partial charge in [0.05, 0.1) is 5.56 Å². The van der Waals surface area contributed by atoms with Crippen LogP contribution in [-0.2, 0) is 12.6 Å². The van der Waals surface area contributed by atoms with Crippen LogP contribution in [0.4, 0.5) is 13.2 Å². The fourth-order valence-electron chi connectivity index (χ4n) is 2.34. The Morgan fingerprint density at radius 1 is 1.15 bits per heavy atom. The Kier molecular flexibility index (Phi) is 4.83. The number of hydrogen-bond donors (Lipinski definition) is 1. The van der Waals surface area contributed by atoms with Crippen LogP contribution in [0.25, 0.3) is 0 Å². The van der Waals surface area contributed by atoms with Gasteiger partial charge in [-0.2, -0.15) is 13.2 Å². The summed E-state index contributed by atoms with van der Waals surface area (Å²) in [7, 11) is 0. The summed E-state index contributed by atoms with van der Waals surface area (Å²) in [5.74, 6) is 0. The molecule has 0 spiro atoms. The van der Waals surface area contributed by atoms with Crippen LogP contribution >= 0.6 is 0 Å². The Morgan fingerprint density at radius 2 is 1.75 bits per heavy atom. The zero-order valence-corrected chi connectivity index (χ0v) is 11.3.